The fourth-order valence-electron chi connectivity index (χ4n) is 2.50. The standard InChI is InChI=1S/C17H18ClSi/c1-10-8-15(13(4)12(3)11(10)2)17-14(9-18)6-5-7-16(17)19/h5-8H,9H2,1-4H3. The average molecular weight is 286 g/mol. The first-order valence-corrected chi connectivity index (χ1v) is 7.48. The lowest BCUT2D eigenvalue weighted by molar-refractivity contribution is 1.21. The van der Waals surface area contributed by atoms with Gasteiger partial charge < -0.3 is 0 Å². The van der Waals surface area contributed by atoms with Gasteiger partial charge in [0.15, 0.2) is 0 Å². The number of aryl methyl sites for hydroxylation is 1. The summed E-state index contributed by atoms with van der Waals surface area (Å²) in [5.41, 5.74) is 9.07. The van der Waals surface area contributed by atoms with Crippen molar-refractivity contribution in [3.05, 3.63) is 52.1 Å². The van der Waals surface area contributed by atoms with Crippen molar-refractivity contribution in [3.8, 4) is 11.1 Å². The second kappa shape index (κ2) is 5.52. The van der Waals surface area contributed by atoms with Crippen molar-refractivity contribution in [2.24, 2.45) is 0 Å². The minimum absolute atomic E-state index is 0.527. The van der Waals surface area contributed by atoms with E-state index in [1.165, 1.54) is 38.9 Å². The van der Waals surface area contributed by atoms with Gasteiger partial charge in [-0.3, -0.25) is 0 Å². The zero-order valence-corrected chi connectivity index (χ0v) is 13.7. The minimum atomic E-state index is 0.527. The largest absolute Gasteiger partial charge is 0.122 e. The maximum absolute atomic E-state index is 6.10. The van der Waals surface area contributed by atoms with E-state index in [9.17, 15) is 0 Å². The summed E-state index contributed by atoms with van der Waals surface area (Å²) >= 11 is 6.10. The van der Waals surface area contributed by atoms with Crippen molar-refractivity contribution in [1.82, 2.24) is 0 Å². The van der Waals surface area contributed by atoms with Crippen molar-refractivity contribution >= 4 is 27.0 Å². The fourth-order valence-corrected chi connectivity index (χ4v) is 3.12. The van der Waals surface area contributed by atoms with Gasteiger partial charge in [0, 0.05) is 5.88 Å². The Morgan fingerprint density at radius 1 is 1.00 bits per heavy atom. The molecule has 0 amide bonds. The summed E-state index contributed by atoms with van der Waals surface area (Å²) in [6.45, 7) is 8.73. The Kier molecular flexibility index (Phi) is 4.17. The van der Waals surface area contributed by atoms with Gasteiger partial charge in [-0.1, -0.05) is 29.5 Å². The van der Waals surface area contributed by atoms with E-state index in [0.29, 0.717) is 5.88 Å². The van der Waals surface area contributed by atoms with Gasteiger partial charge in [-0.2, -0.15) is 0 Å². The number of halogens is 1. The lowest BCUT2D eigenvalue weighted by atomic mass is 9.89. The van der Waals surface area contributed by atoms with Crippen LogP contribution < -0.4 is 5.19 Å². The summed E-state index contributed by atoms with van der Waals surface area (Å²) in [6.07, 6.45) is 0. The number of hydrogen-bond acceptors (Lipinski definition) is 0. The van der Waals surface area contributed by atoms with E-state index >= 15 is 0 Å². The van der Waals surface area contributed by atoms with Crippen molar-refractivity contribution in [1.29, 1.82) is 0 Å². The van der Waals surface area contributed by atoms with Crippen LogP contribution >= 0.6 is 11.6 Å². The van der Waals surface area contributed by atoms with Crippen molar-refractivity contribution in [3.63, 3.8) is 0 Å². The van der Waals surface area contributed by atoms with Crippen LogP contribution in [0, 0.1) is 27.7 Å². The first kappa shape index (κ1) is 14.4. The molecule has 0 aromatic heterocycles. The average Bonchev–Trinajstić information content (AvgIpc) is 2.40. The van der Waals surface area contributed by atoms with E-state index in [4.69, 9.17) is 11.6 Å². The molecule has 0 N–H and O–H groups in total. The highest BCUT2D eigenvalue weighted by Gasteiger charge is 2.13. The normalized spacial score (nSPS) is 10.8. The molecule has 0 fully saturated rings. The van der Waals surface area contributed by atoms with Crippen LogP contribution in [0.15, 0.2) is 24.3 Å². The zero-order valence-electron chi connectivity index (χ0n) is 11.9. The number of benzene rings is 2. The van der Waals surface area contributed by atoms with Crippen LogP contribution in [0.4, 0.5) is 0 Å². The zero-order chi connectivity index (χ0) is 14.2. The van der Waals surface area contributed by atoms with Crippen LogP contribution in [0.5, 0.6) is 0 Å². The van der Waals surface area contributed by atoms with Gasteiger partial charge in [0.25, 0.3) is 0 Å². The van der Waals surface area contributed by atoms with Gasteiger partial charge in [-0.05, 0) is 66.6 Å². The molecular formula is C17H18ClSi. The highest BCUT2D eigenvalue weighted by atomic mass is 35.5. The Hall–Kier alpha value is -1.05. The van der Waals surface area contributed by atoms with Gasteiger partial charge in [0.1, 0.15) is 0 Å². The van der Waals surface area contributed by atoms with Gasteiger partial charge in [0.05, 0.1) is 10.2 Å². The number of hydrogen-bond donors (Lipinski definition) is 0. The monoisotopic (exact) mass is 285 g/mol. The molecular weight excluding hydrogens is 268 g/mol. The van der Waals surface area contributed by atoms with Crippen molar-refractivity contribution < 1.29 is 0 Å². The molecule has 0 aliphatic heterocycles. The molecule has 2 rings (SSSR count). The maximum Gasteiger partial charge on any atom is 0.0720 e. The third-order valence-electron chi connectivity index (χ3n) is 4.05. The van der Waals surface area contributed by atoms with Crippen molar-refractivity contribution in [2.45, 2.75) is 33.6 Å². The van der Waals surface area contributed by atoms with Crippen LogP contribution in [0.25, 0.3) is 11.1 Å². The Balaban J connectivity index is 2.80. The maximum atomic E-state index is 6.10. The molecule has 0 aliphatic carbocycles. The van der Waals surface area contributed by atoms with Crippen LogP contribution in [0.1, 0.15) is 27.8 Å². The molecule has 0 heterocycles. The van der Waals surface area contributed by atoms with E-state index in [-0.39, 0.29) is 0 Å². The van der Waals surface area contributed by atoms with E-state index in [2.05, 4.69) is 56.1 Å². The highest BCUT2D eigenvalue weighted by molar-refractivity contribution is 6.36. The molecule has 0 bridgehead atoms. The number of alkyl halides is 1. The van der Waals surface area contributed by atoms with Crippen LogP contribution in [-0.2, 0) is 5.88 Å². The van der Waals surface area contributed by atoms with E-state index < -0.39 is 0 Å². The summed E-state index contributed by atoms with van der Waals surface area (Å²) in [4.78, 5) is 0. The van der Waals surface area contributed by atoms with Crippen LogP contribution in [0.3, 0.4) is 0 Å². The molecule has 97 valence electrons. The van der Waals surface area contributed by atoms with Gasteiger partial charge in [0.2, 0.25) is 0 Å². The molecule has 0 aliphatic rings. The predicted octanol–water partition coefficient (Wildman–Crippen LogP) is 4.12. The van der Waals surface area contributed by atoms with Gasteiger partial charge in [-0.25, -0.2) is 0 Å². The molecule has 0 saturated carbocycles. The third-order valence-corrected chi connectivity index (χ3v) is 4.75. The second-order valence-corrected chi connectivity index (χ2v) is 5.90. The molecule has 19 heavy (non-hydrogen) atoms. The molecule has 0 spiro atoms. The first-order chi connectivity index (χ1) is 8.97. The Bertz CT molecular complexity index is 630. The molecule has 2 aromatic rings. The van der Waals surface area contributed by atoms with Gasteiger partial charge >= 0.3 is 0 Å². The quantitative estimate of drug-likeness (QED) is 0.575. The van der Waals surface area contributed by atoms with Crippen LogP contribution in [0.2, 0.25) is 0 Å². The molecule has 0 atom stereocenters. The summed E-state index contributed by atoms with van der Waals surface area (Å²) in [7, 11) is 3.72. The predicted molar refractivity (Wildman–Crippen MR) is 85.8 cm³/mol. The highest BCUT2D eigenvalue weighted by Crippen LogP contribution is 2.31. The third kappa shape index (κ3) is 2.50. The van der Waals surface area contributed by atoms with Crippen LogP contribution in [-0.4, -0.2) is 10.2 Å². The summed E-state index contributed by atoms with van der Waals surface area (Å²) in [6, 6.07) is 8.47. The Morgan fingerprint density at radius 3 is 2.32 bits per heavy atom. The smallest absolute Gasteiger partial charge is 0.0720 e. The molecule has 0 nitrogen and oxygen atoms in total. The van der Waals surface area contributed by atoms with E-state index in [1.54, 1.807) is 0 Å². The van der Waals surface area contributed by atoms with Gasteiger partial charge in [-0.15, -0.1) is 11.6 Å². The molecule has 0 saturated heterocycles. The topological polar surface area (TPSA) is 0 Å². The molecule has 0 unspecified atom stereocenters. The summed E-state index contributed by atoms with van der Waals surface area (Å²) < 4.78 is 0. The lowest BCUT2D eigenvalue weighted by Crippen LogP contribution is -2.10. The second-order valence-electron chi connectivity index (χ2n) is 5.09. The first-order valence-electron chi connectivity index (χ1n) is 6.44. The van der Waals surface area contributed by atoms with E-state index in [0.717, 1.165) is 5.19 Å². The summed E-state index contributed by atoms with van der Waals surface area (Å²) in [5, 5.41) is 1.10. The molecule has 3 radical (unpaired) electrons. The van der Waals surface area contributed by atoms with E-state index in [1.807, 2.05) is 6.07 Å². The minimum Gasteiger partial charge on any atom is -0.122 e. The van der Waals surface area contributed by atoms with Crippen molar-refractivity contribution in [2.75, 3.05) is 0 Å². The SMILES string of the molecule is Cc1cc(-c2c([Si])cccc2CCl)c(C)c(C)c1C. The summed E-state index contributed by atoms with van der Waals surface area (Å²) in [5.74, 6) is 0.527. The fraction of sp³-hybridized carbons (Fsp3) is 0.294. The number of rotatable bonds is 2. The Labute approximate surface area is 124 Å². The lowest BCUT2D eigenvalue weighted by Gasteiger charge is -2.18. The molecule has 2 heteroatoms. The molecule has 2 aromatic carbocycles. The Morgan fingerprint density at radius 2 is 1.68 bits per heavy atom.